The molecule has 110 valence electrons. The number of hydrogen-bond donors (Lipinski definition) is 1. The average Bonchev–Trinajstić information content (AvgIpc) is 3.17. The van der Waals surface area contributed by atoms with Crippen LogP contribution in [0.1, 0.15) is 35.9 Å². The minimum Gasteiger partial charge on any atom is -0.480 e. The van der Waals surface area contributed by atoms with Gasteiger partial charge in [0.15, 0.2) is 5.76 Å². The molecule has 1 amide bonds. The third-order valence-corrected chi connectivity index (χ3v) is 3.83. The van der Waals surface area contributed by atoms with E-state index in [4.69, 9.17) is 4.42 Å². The molecule has 0 saturated heterocycles. The highest BCUT2D eigenvalue weighted by atomic mass is 16.4. The third kappa shape index (κ3) is 2.51. The second-order valence-corrected chi connectivity index (χ2v) is 5.61. The lowest BCUT2D eigenvalue weighted by Crippen LogP contribution is -2.44. The fourth-order valence-corrected chi connectivity index (χ4v) is 2.53. The smallest absolute Gasteiger partial charge is 0.326 e. The zero-order valence-electron chi connectivity index (χ0n) is 12.0. The quantitative estimate of drug-likeness (QED) is 0.938. The van der Waals surface area contributed by atoms with Gasteiger partial charge in [-0.1, -0.05) is 11.6 Å². The molecule has 2 aromatic rings. The van der Waals surface area contributed by atoms with Gasteiger partial charge in [0.1, 0.15) is 11.6 Å². The number of rotatable bonds is 4. The van der Waals surface area contributed by atoms with E-state index in [1.165, 1.54) is 11.8 Å². The number of carbonyl (C=O) groups is 2. The molecule has 1 aliphatic rings. The lowest BCUT2D eigenvalue weighted by atomic mass is 10.2. The Balaban J connectivity index is 1.95. The average molecular weight is 287 g/mol. The van der Waals surface area contributed by atoms with Gasteiger partial charge in [-0.2, -0.15) is 0 Å². The number of hydrogen-bond acceptors (Lipinski definition) is 3. The van der Waals surface area contributed by atoms with E-state index in [1.54, 1.807) is 6.07 Å². The molecule has 3 rings (SSSR count). The number of amides is 1. The molecule has 1 atom stereocenters. The lowest BCUT2D eigenvalue weighted by molar-refractivity contribution is -0.141. The summed E-state index contributed by atoms with van der Waals surface area (Å²) >= 11 is 0. The Morgan fingerprint density at radius 3 is 2.67 bits per heavy atom. The van der Waals surface area contributed by atoms with Gasteiger partial charge in [0.25, 0.3) is 5.91 Å². The molecule has 21 heavy (non-hydrogen) atoms. The summed E-state index contributed by atoms with van der Waals surface area (Å²) in [6, 6.07) is 6.53. The van der Waals surface area contributed by atoms with Crippen molar-refractivity contribution in [2.24, 2.45) is 0 Å². The highest BCUT2D eigenvalue weighted by molar-refractivity contribution is 5.98. The van der Waals surface area contributed by atoms with E-state index >= 15 is 0 Å². The molecule has 0 spiro atoms. The summed E-state index contributed by atoms with van der Waals surface area (Å²) in [5.41, 5.74) is 1.72. The lowest BCUT2D eigenvalue weighted by Gasteiger charge is -2.25. The SMILES string of the molecule is Cc1ccc2oc(C(=O)N(C3CC3)C(C)C(=O)O)cc2c1. The molecule has 1 fully saturated rings. The normalized spacial score (nSPS) is 15.9. The van der Waals surface area contributed by atoms with E-state index in [0.29, 0.717) is 5.58 Å². The summed E-state index contributed by atoms with van der Waals surface area (Å²) < 4.78 is 5.59. The second kappa shape index (κ2) is 4.91. The number of carboxylic acids is 1. The van der Waals surface area contributed by atoms with Gasteiger partial charge in [-0.05, 0) is 44.9 Å². The number of fused-ring (bicyclic) bond motifs is 1. The van der Waals surface area contributed by atoms with E-state index in [9.17, 15) is 14.7 Å². The van der Waals surface area contributed by atoms with Crippen LogP contribution in [-0.4, -0.2) is 34.0 Å². The summed E-state index contributed by atoms with van der Waals surface area (Å²) in [7, 11) is 0. The third-order valence-electron chi connectivity index (χ3n) is 3.83. The van der Waals surface area contributed by atoms with Crippen LogP contribution in [0.5, 0.6) is 0 Å². The Hall–Kier alpha value is -2.30. The van der Waals surface area contributed by atoms with Crippen LogP contribution in [0.25, 0.3) is 11.0 Å². The van der Waals surface area contributed by atoms with E-state index in [2.05, 4.69) is 0 Å². The Morgan fingerprint density at radius 2 is 2.05 bits per heavy atom. The number of aryl methyl sites for hydroxylation is 1. The number of carboxylic acid groups (broad SMARTS) is 1. The summed E-state index contributed by atoms with van der Waals surface area (Å²) in [6.07, 6.45) is 1.70. The van der Waals surface area contributed by atoms with E-state index in [1.807, 2.05) is 25.1 Å². The summed E-state index contributed by atoms with van der Waals surface area (Å²) in [5.74, 6) is -1.14. The Labute approximate surface area is 122 Å². The summed E-state index contributed by atoms with van der Waals surface area (Å²) in [6.45, 7) is 3.50. The first-order valence-corrected chi connectivity index (χ1v) is 7.03. The van der Waals surface area contributed by atoms with Crippen LogP contribution >= 0.6 is 0 Å². The van der Waals surface area contributed by atoms with Gasteiger partial charge in [-0.25, -0.2) is 4.79 Å². The maximum absolute atomic E-state index is 12.6. The fourth-order valence-electron chi connectivity index (χ4n) is 2.53. The zero-order valence-corrected chi connectivity index (χ0v) is 12.0. The van der Waals surface area contributed by atoms with Crippen molar-refractivity contribution in [2.75, 3.05) is 0 Å². The predicted octanol–water partition coefficient (Wildman–Crippen LogP) is 2.82. The number of aliphatic carboxylic acids is 1. The number of carbonyl (C=O) groups excluding carboxylic acids is 1. The largest absolute Gasteiger partial charge is 0.480 e. The van der Waals surface area contributed by atoms with Crippen molar-refractivity contribution in [1.29, 1.82) is 0 Å². The van der Waals surface area contributed by atoms with Gasteiger partial charge in [0, 0.05) is 11.4 Å². The van der Waals surface area contributed by atoms with E-state index in [-0.39, 0.29) is 17.7 Å². The van der Waals surface area contributed by atoms with Crippen LogP contribution in [0.4, 0.5) is 0 Å². The molecule has 1 aromatic heterocycles. The standard InChI is InChI=1S/C16H17NO4/c1-9-3-6-13-11(7-9)8-14(21-13)15(18)17(12-4-5-12)10(2)16(19)20/h3,6-8,10,12H,4-5H2,1-2H3,(H,19,20). The molecule has 5 heteroatoms. The summed E-state index contributed by atoms with van der Waals surface area (Å²) in [4.78, 5) is 25.2. The van der Waals surface area contributed by atoms with E-state index < -0.39 is 12.0 Å². The van der Waals surface area contributed by atoms with Crippen molar-refractivity contribution in [3.05, 3.63) is 35.6 Å². The molecular formula is C16H17NO4. The van der Waals surface area contributed by atoms with Crippen molar-refractivity contribution in [3.63, 3.8) is 0 Å². The van der Waals surface area contributed by atoms with Gasteiger partial charge in [-0.15, -0.1) is 0 Å². The van der Waals surface area contributed by atoms with Crippen LogP contribution in [0.2, 0.25) is 0 Å². The summed E-state index contributed by atoms with van der Waals surface area (Å²) in [5, 5.41) is 10.0. The van der Waals surface area contributed by atoms with Crippen molar-refractivity contribution in [3.8, 4) is 0 Å². The zero-order chi connectivity index (χ0) is 15.1. The first-order chi connectivity index (χ1) is 9.97. The van der Waals surface area contributed by atoms with Gasteiger partial charge in [0.2, 0.25) is 0 Å². The molecule has 0 radical (unpaired) electrons. The van der Waals surface area contributed by atoms with Crippen LogP contribution in [0.3, 0.4) is 0 Å². The van der Waals surface area contributed by atoms with Gasteiger partial charge in [-0.3, -0.25) is 4.79 Å². The maximum Gasteiger partial charge on any atom is 0.326 e. The molecule has 1 N–H and O–H groups in total. The fraction of sp³-hybridized carbons (Fsp3) is 0.375. The molecule has 1 aliphatic carbocycles. The van der Waals surface area contributed by atoms with E-state index in [0.717, 1.165) is 23.8 Å². The van der Waals surface area contributed by atoms with Crippen LogP contribution in [-0.2, 0) is 4.79 Å². The molecule has 1 unspecified atom stereocenters. The highest BCUT2D eigenvalue weighted by Crippen LogP contribution is 2.31. The van der Waals surface area contributed by atoms with Crippen LogP contribution < -0.4 is 0 Å². The van der Waals surface area contributed by atoms with Crippen molar-refractivity contribution in [2.45, 2.75) is 38.8 Å². The molecule has 1 heterocycles. The van der Waals surface area contributed by atoms with Crippen molar-refractivity contribution in [1.82, 2.24) is 4.90 Å². The molecule has 1 saturated carbocycles. The first kappa shape index (κ1) is 13.7. The Kier molecular flexibility index (Phi) is 3.20. The first-order valence-electron chi connectivity index (χ1n) is 7.03. The van der Waals surface area contributed by atoms with Gasteiger partial charge < -0.3 is 14.4 Å². The Bertz CT molecular complexity index is 714. The van der Waals surface area contributed by atoms with Crippen molar-refractivity contribution >= 4 is 22.8 Å². The highest BCUT2D eigenvalue weighted by Gasteiger charge is 2.39. The monoisotopic (exact) mass is 287 g/mol. The maximum atomic E-state index is 12.6. The topological polar surface area (TPSA) is 70.8 Å². The van der Waals surface area contributed by atoms with Gasteiger partial charge in [0.05, 0.1) is 0 Å². The minimum absolute atomic E-state index is 0.0125. The molecule has 1 aromatic carbocycles. The minimum atomic E-state index is -0.998. The number of nitrogens with zero attached hydrogens (tertiary/aromatic N) is 1. The van der Waals surface area contributed by atoms with Crippen LogP contribution in [0, 0.1) is 6.92 Å². The molecule has 0 aliphatic heterocycles. The molecule has 0 bridgehead atoms. The second-order valence-electron chi connectivity index (χ2n) is 5.61. The van der Waals surface area contributed by atoms with Crippen molar-refractivity contribution < 1.29 is 19.1 Å². The number of furan rings is 1. The van der Waals surface area contributed by atoms with Crippen LogP contribution in [0.15, 0.2) is 28.7 Å². The number of benzene rings is 1. The van der Waals surface area contributed by atoms with Gasteiger partial charge >= 0.3 is 5.97 Å². The molecular weight excluding hydrogens is 270 g/mol. The Morgan fingerprint density at radius 1 is 1.33 bits per heavy atom. The predicted molar refractivity (Wildman–Crippen MR) is 77.2 cm³/mol. The molecule has 5 nitrogen and oxygen atoms in total.